The number of halogens is 1. The minimum atomic E-state index is -0.0191. The largest absolute Gasteiger partial charge is 0.503 e. The van der Waals surface area contributed by atoms with E-state index in [0.29, 0.717) is 27.8 Å². The molecule has 0 atom stereocenters. The first kappa shape index (κ1) is 13.4. The van der Waals surface area contributed by atoms with Crippen molar-refractivity contribution in [3.8, 4) is 11.5 Å². The van der Waals surface area contributed by atoms with Gasteiger partial charge in [-0.15, -0.1) is 0 Å². The third-order valence-corrected chi connectivity index (χ3v) is 4.68. The standard InChI is InChI=1S/C13H11BrN2O3S/c1-19-9-5-7(4-8(14)11(9)17)6-10-12(18)16-3-2-15-13(16)20-10/h4-6,17H,2-3H2,1H3/b10-6+. The quantitative estimate of drug-likeness (QED) is 0.869. The number of hydrogen-bond donors (Lipinski definition) is 1. The Labute approximate surface area is 126 Å². The third-order valence-electron chi connectivity index (χ3n) is 3.03. The highest BCUT2D eigenvalue weighted by Gasteiger charge is 2.11. The first-order valence-electron chi connectivity index (χ1n) is 5.92. The van der Waals surface area contributed by atoms with Gasteiger partial charge in [-0.1, -0.05) is 11.3 Å². The van der Waals surface area contributed by atoms with Gasteiger partial charge in [0.1, 0.15) is 0 Å². The van der Waals surface area contributed by atoms with Crippen LogP contribution in [0.15, 0.2) is 26.4 Å². The number of aromatic hydroxyl groups is 1. The van der Waals surface area contributed by atoms with Gasteiger partial charge in [0.25, 0.3) is 5.56 Å². The van der Waals surface area contributed by atoms with Crippen LogP contribution in [0.5, 0.6) is 11.5 Å². The average Bonchev–Trinajstić information content (AvgIpc) is 2.98. The van der Waals surface area contributed by atoms with Crippen LogP contribution < -0.4 is 19.6 Å². The summed E-state index contributed by atoms with van der Waals surface area (Å²) >= 11 is 4.64. The van der Waals surface area contributed by atoms with Crippen molar-refractivity contribution in [2.45, 2.75) is 6.54 Å². The van der Waals surface area contributed by atoms with Gasteiger partial charge in [-0.2, -0.15) is 0 Å². The lowest BCUT2D eigenvalue weighted by molar-refractivity contribution is 0.372. The summed E-state index contributed by atoms with van der Waals surface area (Å²) in [4.78, 5) is 17.2. The Morgan fingerprint density at radius 1 is 1.55 bits per heavy atom. The number of nitrogens with zero attached hydrogens (tertiary/aromatic N) is 2. The molecule has 0 amide bonds. The maximum absolute atomic E-state index is 12.2. The highest BCUT2D eigenvalue weighted by molar-refractivity contribution is 9.10. The molecule has 1 aromatic carbocycles. The van der Waals surface area contributed by atoms with E-state index in [1.54, 1.807) is 22.8 Å². The van der Waals surface area contributed by atoms with Gasteiger partial charge < -0.3 is 9.84 Å². The van der Waals surface area contributed by atoms with Gasteiger partial charge in [0.15, 0.2) is 16.3 Å². The first-order valence-corrected chi connectivity index (χ1v) is 7.53. The van der Waals surface area contributed by atoms with Crippen molar-refractivity contribution in [1.29, 1.82) is 0 Å². The number of aromatic nitrogens is 1. The van der Waals surface area contributed by atoms with E-state index in [9.17, 15) is 9.90 Å². The molecule has 0 radical (unpaired) electrons. The number of thiazole rings is 1. The van der Waals surface area contributed by atoms with Crippen LogP contribution in [0.4, 0.5) is 0 Å². The van der Waals surface area contributed by atoms with Crippen LogP contribution in [-0.2, 0) is 6.54 Å². The molecule has 20 heavy (non-hydrogen) atoms. The molecule has 0 aliphatic carbocycles. The van der Waals surface area contributed by atoms with E-state index in [0.717, 1.165) is 10.4 Å². The van der Waals surface area contributed by atoms with Gasteiger partial charge >= 0.3 is 0 Å². The molecule has 2 aromatic rings. The number of rotatable bonds is 2. The average molecular weight is 355 g/mol. The van der Waals surface area contributed by atoms with E-state index in [2.05, 4.69) is 20.9 Å². The number of methoxy groups -OCH3 is 1. The van der Waals surface area contributed by atoms with Crippen molar-refractivity contribution in [2.24, 2.45) is 4.99 Å². The predicted octanol–water partition coefficient (Wildman–Crippen LogP) is 0.848. The van der Waals surface area contributed by atoms with Crippen LogP contribution in [-0.4, -0.2) is 23.3 Å². The van der Waals surface area contributed by atoms with Crippen molar-refractivity contribution in [3.63, 3.8) is 0 Å². The molecule has 0 saturated heterocycles. The molecule has 5 nitrogen and oxygen atoms in total. The van der Waals surface area contributed by atoms with Crippen molar-refractivity contribution in [3.05, 3.63) is 41.9 Å². The summed E-state index contributed by atoms with van der Waals surface area (Å²) in [6.07, 6.45) is 1.78. The summed E-state index contributed by atoms with van der Waals surface area (Å²) in [5.41, 5.74) is 0.763. The van der Waals surface area contributed by atoms with E-state index in [1.165, 1.54) is 18.4 Å². The Hall–Kier alpha value is -1.60. The molecule has 0 saturated carbocycles. The fourth-order valence-corrected chi connectivity index (χ4v) is 3.54. The molecule has 7 heteroatoms. The van der Waals surface area contributed by atoms with E-state index >= 15 is 0 Å². The molecule has 0 unspecified atom stereocenters. The Kier molecular flexibility index (Phi) is 3.39. The summed E-state index contributed by atoms with van der Waals surface area (Å²) in [6.45, 7) is 1.33. The third kappa shape index (κ3) is 2.16. The lowest BCUT2D eigenvalue weighted by Crippen LogP contribution is -2.29. The normalized spacial score (nSPS) is 14.2. The van der Waals surface area contributed by atoms with Crippen molar-refractivity contribution < 1.29 is 9.84 Å². The number of phenolic OH excluding ortho intramolecular Hbond substituents is 1. The van der Waals surface area contributed by atoms with Gasteiger partial charge in [0, 0.05) is 6.54 Å². The van der Waals surface area contributed by atoms with Gasteiger partial charge in [-0.25, -0.2) is 0 Å². The second-order valence-electron chi connectivity index (χ2n) is 4.29. The lowest BCUT2D eigenvalue weighted by atomic mass is 10.2. The SMILES string of the molecule is COc1cc(/C=c2/sc3n(c2=O)CCN=3)cc(Br)c1O. The molecular weight excluding hydrogens is 344 g/mol. The molecule has 104 valence electrons. The molecule has 1 aromatic heterocycles. The van der Waals surface area contributed by atoms with Crippen LogP contribution in [0.2, 0.25) is 0 Å². The minimum Gasteiger partial charge on any atom is -0.503 e. The lowest BCUT2D eigenvalue weighted by Gasteiger charge is -2.06. The van der Waals surface area contributed by atoms with Crippen LogP contribution in [0.3, 0.4) is 0 Å². The molecule has 1 aliphatic heterocycles. The molecule has 2 heterocycles. The summed E-state index contributed by atoms with van der Waals surface area (Å²) in [5, 5.41) is 9.77. The molecule has 1 N–H and O–H groups in total. The molecule has 1 aliphatic rings. The monoisotopic (exact) mass is 354 g/mol. The predicted molar refractivity (Wildman–Crippen MR) is 80.2 cm³/mol. The minimum absolute atomic E-state index is 0.0191. The topological polar surface area (TPSA) is 63.8 Å². The summed E-state index contributed by atoms with van der Waals surface area (Å²) in [6, 6.07) is 3.43. The van der Waals surface area contributed by atoms with Crippen molar-refractivity contribution in [2.75, 3.05) is 13.7 Å². The summed E-state index contributed by atoms with van der Waals surface area (Å²) in [5.74, 6) is 0.407. The van der Waals surface area contributed by atoms with E-state index in [-0.39, 0.29) is 11.3 Å². The summed E-state index contributed by atoms with van der Waals surface area (Å²) < 4.78 is 7.93. The van der Waals surface area contributed by atoms with E-state index in [4.69, 9.17) is 4.74 Å². The van der Waals surface area contributed by atoms with Crippen LogP contribution in [0, 0.1) is 0 Å². The van der Waals surface area contributed by atoms with Crippen molar-refractivity contribution in [1.82, 2.24) is 4.57 Å². The van der Waals surface area contributed by atoms with E-state index in [1.807, 2.05) is 0 Å². The highest BCUT2D eigenvalue weighted by Crippen LogP contribution is 2.35. The van der Waals surface area contributed by atoms with Gasteiger partial charge in [0.05, 0.1) is 22.7 Å². The van der Waals surface area contributed by atoms with Crippen molar-refractivity contribution >= 4 is 33.3 Å². The summed E-state index contributed by atoms with van der Waals surface area (Å²) in [7, 11) is 1.48. The smallest absolute Gasteiger partial charge is 0.270 e. The van der Waals surface area contributed by atoms with Crippen LogP contribution >= 0.6 is 27.3 Å². The van der Waals surface area contributed by atoms with Crippen LogP contribution in [0.1, 0.15) is 5.56 Å². The fraction of sp³-hybridized carbons (Fsp3) is 0.231. The zero-order valence-electron chi connectivity index (χ0n) is 10.6. The Bertz CT molecular complexity index is 854. The molecular formula is C13H11BrN2O3S. The van der Waals surface area contributed by atoms with Crippen LogP contribution in [0.25, 0.3) is 6.08 Å². The Morgan fingerprint density at radius 3 is 3.05 bits per heavy atom. The highest BCUT2D eigenvalue weighted by atomic mass is 79.9. The maximum atomic E-state index is 12.2. The number of ether oxygens (including phenoxy) is 1. The number of fused-ring (bicyclic) bond motifs is 1. The van der Waals surface area contributed by atoms with Gasteiger partial charge in [-0.3, -0.25) is 14.4 Å². The first-order chi connectivity index (χ1) is 9.60. The van der Waals surface area contributed by atoms with E-state index < -0.39 is 0 Å². The Morgan fingerprint density at radius 2 is 2.35 bits per heavy atom. The maximum Gasteiger partial charge on any atom is 0.270 e. The molecule has 0 fully saturated rings. The number of phenols is 1. The Balaban J connectivity index is 2.18. The fourth-order valence-electron chi connectivity index (χ4n) is 2.05. The van der Waals surface area contributed by atoms with Gasteiger partial charge in [-0.05, 0) is 39.7 Å². The molecule has 0 bridgehead atoms. The molecule has 0 spiro atoms. The zero-order chi connectivity index (χ0) is 14.3. The zero-order valence-corrected chi connectivity index (χ0v) is 13.0. The second-order valence-corrected chi connectivity index (χ2v) is 6.15. The van der Waals surface area contributed by atoms with Gasteiger partial charge in [0.2, 0.25) is 0 Å². The molecule has 3 rings (SSSR count). The number of benzene rings is 1. The number of hydrogen-bond acceptors (Lipinski definition) is 5. The second kappa shape index (κ2) is 5.06.